The fraction of sp³-hybridized carbons (Fsp3) is 0.0833. The molecule has 1 heterocycles. The van der Waals surface area contributed by atoms with Crippen molar-refractivity contribution < 1.29 is 0 Å². The predicted molar refractivity (Wildman–Crippen MR) is 84.5 cm³/mol. The van der Waals surface area contributed by atoms with Gasteiger partial charge in [0.05, 0.1) is 30.8 Å². The maximum absolute atomic E-state index is 6.17. The molecule has 0 atom stereocenters. The van der Waals surface area contributed by atoms with E-state index in [9.17, 15) is 0 Å². The highest BCUT2D eigenvalue weighted by molar-refractivity contribution is 6.56. The number of hydrogen-bond acceptors (Lipinski definition) is 1. The zero-order valence-corrected chi connectivity index (χ0v) is 13.9. The maximum atomic E-state index is 6.17. The van der Waals surface area contributed by atoms with Gasteiger partial charge in [-0.2, -0.15) is 0 Å². The van der Waals surface area contributed by atoms with Crippen molar-refractivity contribution in [1.29, 1.82) is 0 Å². The van der Waals surface area contributed by atoms with Crippen LogP contribution >= 0.6 is 69.6 Å². The minimum atomic E-state index is 0.112. The van der Waals surface area contributed by atoms with E-state index in [0.29, 0.717) is 16.3 Å². The summed E-state index contributed by atoms with van der Waals surface area (Å²) >= 11 is 36.3. The Hall–Kier alpha value is 0.110. The molecule has 0 amide bonds. The highest BCUT2D eigenvalue weighted by Gasteiger charge is 2.21. The Morgan fingerprint density at radius 1 is 0.737 bits per heavy atom. The average molecular weight is 376 g/mol. The lowest BCUT2D eigenvalue weighted by Gasteiger charge is -2.12. The van der Waals surface area contributed by atoms with Gasteiger partial charge in [0.1, 0.15) is 0 Å². The van der Waals surface area contributed by atoms with Gasteiger partial charge in [-0.25, -0.2) is 0 Å². The summed E-state index contributed by atoms with van der Waals surface area (Å²) in [6.45, 7) is 1.80. The molecule has 2 rings (SSSR count). The summed E-state index contributed by atoms with van der Waals surface area (Å²) in [5.74, 6) is 0. The van der Waals surface area contributed by atoms with Gasteiger partial charge in [0.25, 0.3) is 0 Å². The fourth-order valence-corrected chi connectivity index (χ4v) is 3.18. The van der Waals surface area contributed by atoms with Crippen LogP contribution in [0.15, 0.2) is 12.1 Å². The largest absolute Gasteiger partial charge is 0.253 e. The van der Waals surface area contributed by atoms with Gasteiger partial charge in [-0.05, 0) is 19.1 Å². The van der Waals surface area contributed by atoms with E-state index < -0.39 is 0 Å². The van der Waals surface area contributed by atoms with Crippen molar-refractivity contribution >= 4 is 69.6 Å². The molecule has 0 spiro atoms. The SMILES string of the molecule is Cc1cc(Cl)cc(-c2c(Cl)c(Cl)c(Cl)c(Cl)c2Cl)n1. The number of benzene rings is 1. The van der Waals surface area contributed by atoms with Crippen molar-refractivity contribution in [1.82, 2.24) is 4.98 Å². The van der Waals surface area contributed by atoms with Crippen LogP contribution in [0, 0.1) is 6.92 Å². The van der Waals surface area contributed by atoms with Crippen LogP contribution in [0.5, 0.6) is 0 Å². The molecule has 0 N–H and O–H groups in total. The molecule has 1 aromatic heterocycles. The second kappa shape index (κ2) is 5.85. The van der Waals surface area contributed by atoms with E-state index >= 15 is 0 Å². The summed E-state index contributed by atoms with van der Waals surface area (Å²) < 4.78 is 0. The van der Waals surface area contributed by atoms with Gasteiger partial charge in [-0.15, -0.1) is 0 Å². The Kier molecular flexibility index (Phi) is 4.77. The van der Waals surface area contributed by atoms with Gasteiger partial charge in [0.2, 0.25) is 0 Å². The van der Waals surface area contributed by atoms with Crippen LogP contribution in [-0.4, -0.2) is 4.98 Å². The molecule has 0 bridgehead atoms. The zero-order chi connectivity index (χ0) is 14.3. The first-order chi connectivity index (χ1) is 8.82. The van der Waals surface area contributed by atoms with E-state index in [-0.39, 0.29) is 25.1 Å². The molecule has 0 aliphatic heterocycles. The Balaban J connectivity index is 2.82. The third kappa shape index (κ3) is 2.92. The highest BCUT2D eigenvalue weighted by Crippen LogP contribution is 2.47. The van der Waals surface area contributed by atoms with Crippen molar-refractivity contribution in [2.24, 2.45) is 0 Å². The second-order valence-corrected chi connectivity index (χ2v) is 6.08. The first-order valence-electron chi connectivity index (χ1n) is 4.99. The van der Waals surface area contributed by atoms with Gasteiger partial charge in [0.15, 0.2) is 0 Å². The molecule has 0 saturated heterocycles. The van der Waals surface area contributed by atoms with Crippen molar-refractivity contribution in [2.45, 2.75) is 6.92 Å². The number of hydrogen-bond donors (Lipinski definition) is 0. The van der Waals surface area contributed by atoms with Gasteiger partial charge in [-0.1, -0.05) is 69.6 Å². The molecular weight excluding hydrogens is 371 g/mol. The van der Waals surface area contributed by atoms with E-state index in [1.54, 1.807) is 19.1 Å². The van der Waals surface area contributed by atoms with Gasteiger partial charge in [0, 0.05) is 16.3 Å². The second-order valence-electron chi connectivity index (χ2n) is 3.76. The average Bonchev–Trinajstić information content (AvgIpc) is 2.33. The van der Waals surface area contributed by atoms with Crippen LogP contribution in [0.3, 0.4) is 0 Å². The van der Waals surface area contributed by atoms with Crippen molar-refractivity contribution in [2.75, 3.05) is 0 Å². The number of aryl methyl sites for hydroxylation is 1. The predicted octanol–water partition coefficient (Wildman–Crippen LogP) is 6.98. The summed E-state index contributed by atoms with van der Waals surface area (Å²) in [6, 6.07) is 3.34. The molecule has 0 unspecified atom stereocenters. The quantitative estimate of drug-likeness (QED) is 0.387. The lowest BCUT2D eigenvalue weighted by Crippen LogP contribution is -1.91. The molecule has 19 heavy (non-hydrogen) atoms. The van der Waals surface area contributed by atoms with Crippen LogP contribution in [0.25, 0.3) is 11.3 Å². The number of rotatable bonds is 1. The molecule has 0 aliphatic rings. The summed E-state index contributed by atoms with van der Waals surface area (Å²) in [6.07, 6.45) is 0. The van der Waals surface area contributed by atoms with E-state index in [4.69, 9.17) is 69.6 Å². The molecule has 100 valence electrons. The highest BCUT2D eigenvalue weighted by atomic mass is 35.5. The van der Waals surface area contributed by atoms with Crippen LogP contribution in [0.1, 0.15) is 5.69 Å². The van der Waals surface area contributed by atoms with Crippen molar-refractivity contribution in [3.05, 3.63) is 48.0 Å². The van der Waals surface area contributed by atoms with Crippen LogP contribution in [0.4, 0.5) is 0 Å². The molecule has 0 radical (unpaired) electrons. The Bertz CT molecular complexity index is 618. The third-order valence-corrected chi connectivity index (χ3v) is 4.88. The zero-order valence-electron chi connectivity index (χ0n) is 9.37. The first kappa shape index (κ1) is 15.5. The van der Waals surface area contributed by atoms with Crippen LogP contribution < -0.4 is 0 Å². The first-order valence-corrected chi connectivity index (χ1v) is 7.25. The number of pyridine rings is 1. The molecular formula is C12H5Cl6N. The minimum Gasteiger partial charge on any atom is -0.253 e. The van der Waals surface area contributed by atoms with E-state index in [1.165, 1.54) is 0 Å². The normalized spacial score (nSPS) is 10.9. The molecule has 7 heteroatoms. The molecule has 1 nitrogen and oxygen atoms in total. The fourth-order valence-electron chi connectivity index (χ4n) is 1.58. The summed E-state index contributed by atoms with van der Waals surface area (Å²) in [7, 11) is 0. The van der Waals surface area contributed by atoms with Gasteiger partial charge < -0.3 is 0 Å². The van der Waals surface area contributed by atoms with Crippen molar-refractivity contribution in [3.8, 4) is 11.3 Å². The topological polar surface area (TPSA) is 12.9 Å². The lowest BCUT2D eigenvalue weighted by molar-refractivity contribution is 1.21. The molecule has 1 aromatic carbocycles. The Morgan fingerprint density at radius 3 is 1.68 bits per heavy atom. The smallest absolute Gasteiger partial charge is 0.0809 e. The molecule has 2 aromatic rings. The summed E-state index contributed by atoms with van der Waals surface area (Å²) in [5.41, 5.74) is 1.62. The maximum Gasteiger partial charge on any atom is 0.0809 e. The number of nitrogens with zero attached hydrogens (tertiary/aromatic N) is 1. The Morgan fingerprint density at radius 2 is 1.21 bits per heavy atom. The monoisotopic (exact) mass is 373 g/mol. The van der Waals surface area contributed by atoms with Crippen LogP contribution in [-0.2, 0) is 0 Å². The van der Waals surface area contributed by atoms with Gasteiger partial charge >= 0.3 is 0 Å². The van der Waals surface area contributed by atoms with E-state index in [1.807, 2.05) is 0 Å². The van der Waals surface area contributed by atoms with E-state index in [2.05, 4.69) is 4.98 Å². The van der Waals surface area contributed by atoms with Gasteiger partial charge in [-0.3, -0.25) is 4.98 Å². The molecule has 0 saturated carbocycles. The summed E-state index contributed by atoms with van der Waals surface area (Å²) in [4.78, 5) is 4.32. The van der Waals surface area contributed by atoms with Crippen LogP contribution in [0.2, 0.25) is 30.1 Å². The number of aromatic nitrogens is 1. The third-order valence-electron chi connectivity index (χ3n) is 2.38. The lowest BCUT2D eigenvalue weighted by atomic mass is 10.1. The summed E-state index contributed by atoms with van der Waals surface area (Å²) in [5, 5.41) is 1.27. The van der Waals surface area contributed by atoms with E-state index in [0.717, 1.165) is 5.69 Å². The Labute approximate surface area is 140 Å². The molecule has 0 aliphatic carbocycles. The number of halogens is 6. The van der Waals surface area contributed by atoms with Crippen molar-refractivity contribution in [3.63, 3.8) is 0 Å². The minimum absolute atomic E-state index is 0.112. The molecule has 0 fully saturated rings. The standard InChI is InChI=1S/C12H5Cl6N/c1-4-2-5(13)3-6(19-4)7-8(14)10(16)12(18)11(17)9(7)15/h2-3H,1H3.